The molecule has 1 N–H and O–H groups in total. The molecule has 0 aliphatic carbocycles. The number of hydrogen-bond donors (Lipinski definition) is 1. The lowest BCUT2D eigenvalue weighted by Crippen LogP contribution is -2.34. The molecular formula is C20H25N3O2. The number of nitrogens with zero attached hydrogens (tertiary/aromatic N) is 2. The second-order valence-corrected chi connectivity index (χ2v) is 6.49. The Morgan fingerprint density at radius 1 is 1.24 bits per heavy atom. The molecule has 1 aromatic heterocycles. The van der Waals surface area contributed by atoms with E-state index in [1.54, 1.807) is 16.8 Å². The molecule has 1 aromatic carbocycles. The van der Waals surface area contributed by atoms with Gasteiger partial charge in [0.25, 0.3) is 11.5 Å². The second kappa shape index (κ2) is 8.12. The topological polar surface area (TPSA) is 54.3 Å². The maximum atomic E-state index is 12.2. The Bertz CT molecular complexity index is 770. The molecule has 1 atom stereocenters. The van der Waals surface area contributed by atoms with Crippen molar-refractivity contribution in [3.63, 3.8) is 0 Å². The van der Waals surface area contributed by atoms with Gasteiger partial charge in [0.05, 0.1) is 0 Å². The zero-order chi connectivity index (χ0) is 17.6. The van der Waals surface area contributed by atoms with Crippen LogP contribution in [-0.2, 0) is 6.54 Å². The van der Waals surface area contributed by atoms with Crippen molar-refractivity contribution < 1.29 is 4.79 Å². The number of carbonyl (C=O) groups is 1. The van der Waals surface area contributed by atoms with Crippen LogP contribution < -0.4 is 10.9 Å². The summed E-state index contributed by atoms with van der Waals surface area (Å²) in [4.78, 5) is 26.4. The predicted molar refractivity (Wildman–Crippen MR) is 98.9 cm³/mol. The first-order valence-corrected chi connectivity index (χ1v) is 8.93. The summed E-state index contributed by atoms with van der Waals surface area (Å²) >= 11 is 0. The van der Waals surface area contributed by atoms with E-state index in [1.807, 2.05) is 13.0 Å². The van der Waals surface area contributed by atoms with Gasteiger partial charge < -0.3 is 14.8 Å². The average molecular weight is 339 g/mol. The number of benzene rings is 1. The number of rotatable bonds is 6. The van der Waals surface area contributed by atoms with E-state index in [0.29, 0.717) is 24.6 Å². The van der Waals surface area contributed by atoms with Gasteiger partial charge in [-0.1, -0.05) is 30.3 Å². The van der Waals surface area contributed by atoms with Gasteiger partial charge in [-0.05, 0) is 37.4 Å². The van der Waals surface area contributed by atoms with E-state index < -0.39 is 0 Å². The number of aromatic nitrogens is 1. The third kappa shape index (κ3) is 4.37. The molecule has 0 unspecified atom stereocenters. The maximum absolute atomic E-state index is 12.2. The van der Waals surface area contributed by atoms with E-state index in [-0.39, 0.29) is 11.5 Å². The molecule has 0 radical (unpaired) electrons. The first-order valence-electron chi connectivity index (χ1n) is 8.93. The summed E-state index contributed by atoms with van der Waals surface area (Å²) in [6, 6.07) is 13.7. The van der Waals surface area contributed by atoms with Crippen LogP contribution in [0.1, 0.15) is 35.2 Å². The minimum atomic E-state index is -0.181. The summed E-state index contributed by atoms with van der Waals surface area (Å²) in [6.07, 6.45) is 2.83. The minimum Gasteiger partial charge on any atom is -0.351 e. The van der Waals surface area contributed by atoms with E-state index >= 15 is 0 Å². The Hall–Kier alpha value is -2.40. The van der Waals surface area contributed by atoms with Crippen molar-refractivity contribution in [1.29, 1.82) is 0 Å². The number of hydrogen-bond acceptors (Lipinski definition) is 3. The van der Waals surface area contributed by atoms with Gasteiger partial charge in [-0.3, -0.25) is 9.59 Å². The van der Waals surface area contributed by atoms with Crippen LogP contribution in [0, 0.1) is 0 Å². The standard InChI is InChI=1S/C20H25N3O2/c1-2-23-12-9-17(14-19(23)24)20(25)21-10-13-22-11-8-18(15-22)16-6-4-3-5-7-16/h3-7,9,12,14,18H,2,8,10-11,13,15H2,1H3,(H,21,25)/t18-/m1/s1. The molecule has 5 nitrogen and oxygen atoms in total. The summed E-state index contributed by atoms with van der Waals surface area (Å²) in [5, 5.41) is 2.92. The highest BCUT2D eigenvalue weighted by Crippen LogP contribution is 2.26. The van der Waals surface area contributed by atoms with Crippen LogP contribution in [0.5, 0.6) is 0 Å². The van der Waals surface area contributed by atoms with E-state index in [2.05, 4.69) is 34.5 Å². The van der Waals surface area contributed by atoms with Gasteiger partial charge in [0.1, 0.15) is 0 Å². The van der Waals surface area contributed by atoms with Gasteiger partial charge in [-0.15, -0.1) is 0 Å². The lowest BCUT2D eigenvalue weighted by Gasteiger charge is -2.16. The van der Waals surface area contributed by atoms with Crippen LogP contribution in [0.2, 0.25) is 0 Å². The molecule has 2 aromatic rings. The first-order chi connectivity index (χ1) is 12.2. The number of carbonyl (C=O) groups excluding carboxylic acids is 1. The van der Waals surface area contributed by atoms with Crippen LogP contribution in [0.4, 0.5) is 0 Å². The average Bonchev–Trinajstić information content (AvgIpc) is 3.11. The number of pyridine rings is 1. The Kier molecular flexibility index (Phi) is 5.66. The molecular weight excluding hydrogens is 314 g/mol. The van der Waals surface area contributed by atoms with Crippen molar-refractivity contribution in [2.75, 3.05) is 26.2 Å². The quantitative estimate of drug-likeness (QED) is 0.877. The van der Waals surface area contributed by atoms with Crippen molar-refractivity contribution in [1.82, 2.24) is 14.8 Å². The molecule has 1 amide bonds. The molecule has 1 aliphatic heterocycles. The van der Waals surface area contributed by atoms with Crippen LogP contribution in [0.25, 0.3) is 0 Å². The Labute approximate surface area is 148 Å². The molecule has 25 heavy (non-hydrogen) atoms. The number of amides is 1. The maximum Gasteiger partial charge on any atom is 0.251 e. The van der Waals surface area contributed by atoms with Crippen molar-refractivity contribution in [3.05, 3.63) is 70.1 Å². The third-order valence-electron chi connectivity index (χ3n) is 4.86. The van der Waals surface area contributed by atoms with Crippen LogP contribution in [-0.4, -0.2) is 41.6 Å². The highest BCUT2D eigenvalue weighted by atomic mass is 16.2. The van der Waals surface area contributed by atoms with E-state index in [9.17, 15) is 9.59 Å². The molecule has 0 bridgehead atoms. The van der Waals surface area contributed by atoms with Gasteiger partial charge in [-0.2, -0.15) is 0 Å². The van der Waals surface area contributed by atoms with Crippen molar-refractivity contribution in [2.45, 2.75) is 25.8 Å². The highest BCUT2D eigenvalue weighted by molar-refractivity contribution is 5.93. The zero-order valence-corrected chi connectivity index (χ0v) is 14.6. The van der Waals surface area contributed by atoms with E-state index in [0.717, 1.165) is 26.1 Å². The van der Waals surface area contributed by atoms with E-state index in [4.69, 9.17) is 0 Å². The monoisotopic (exact) mass is 339 g/mol. The minimum absolute atomic E-state index is 0.139. The molecule has 5 heteroatoms. The SMILES string of the molecule is CCn1ccc(C(=O)NCCN2CC[C@@H](c3ccccc3)C2)cc1=O. The molecule has 2 heterocycles. The van der Waals surface area contributed by atoms with E-state index in [1.165, 1.54) is 11.6 Å². The fraction of sp³-hybridized carbons (Fsp3) is 0.400. The van der Waals surface area contributed by atoms with Crippen LogP contribution in [0.15, 0.2) is 53.5 Å². The Morgan fingerprint density at radius 2 is 2.04 bits per heavy atom. The Morgan fingerprint density at radius 3 is 2.76 bits per heavy atom. The van der Waals surface area contributed by atoms with Gasteiger partial charge in [-0.25, -0.2) is 0 Å². The molecule has 0 saturated carbocycles. The summed E-state index contributed by atoms with van der Waals surface area (Å²) < 4.78 is 1.57. The van der Waals surface area contributed by atoms with Crippen molar-refractivity contribution in [2.24, 2.45) is 0 Å². The normalized spacial score (nSPS) is 17.6. The fourth-order valence-corrected chi connectivity index (χ4v) is 3.37. The van der Waals surface area contributed by atoms with Crippen LogP contribution in [0.3, 0.4) is 0 Å². The summed E-state index contributed by atoms with van der Waals surface area (Å²) in [5.41, 5.74) is 1.68. The lowest BCUT2D eigenvalue weighted by molar-refractivity contribution is 0.0949. The fourth-order valence-electron chi connectivity index (χ4n) is 3.37. The van der Waals surface area contributed by atoms with Gasteiger partial charge in [0, 0.05) is 44.0 Å². The number of aryl methyl sites for hydroxylation is 1. The third-order valence-corrected chi connectivity index (χ3v) is 4.86. The molecule has 1 aliphatic rings. The second-order valence-electron chi connectivity index (χ2n) is 6.49. The smallest absolute Gasteiger partial charge is 0.251 e. The Balaban J connectivity index is 1.46. The first kappa shape index (κ1) is 17.4. The zero-order valence-electron chi connectivity index (χ0n) is 14.6. The molecule has 3 rings (SSSR count). The molecule has 1 fully saturated rings. The summed E-state index contributed by atoms with van der Waals surface area (Å²) in [5.74, 6) is 0.401. The number of nitrogens with one attached hydrogen (secondary N) is 1. The largest absolute Gasteiger partial charge is 0.351 e. The number of likely N-dealkylation sites (tertiary alicyclic amines) is 1. The van der Waals surface area contributed by atoms with Gasteiger partial charge in [0.15, 0.2) is 0 Å². The summed E-state index contributed by atoms with van der Waals surface area (Å²) in [6.45, 7) is 6.03. The van der Waals surface area contributed by atoms with Gasteiger partial charge >= 0.3 is 0 Å². The van der Waals surface area contributed by atoms with Crippen LogP contribution >= 0.6 is 0 Å². The van der Waals surface area contributed by atoms with Gasteiger partial charge in [0.2, 0.25) is 0 Å². The predicted octanol–water partition coefficient (Wildman–Crippen LogP) is 2.09. The highest BCUT2D eigenvalue weighted by Gasteiger charge is 2.23. The van der Waals surface area contributed by atoms with Crippen molar-refractivity contribution in [3.8, 4) is 0 Å². The molecule has 0 spiro atoms. The summed E-state index contributed by atoms with van der Waals surface area (Å²) in [7, 11) is 0. The molecule has 132 valence electrons. The lowest BCUT2D eigenvalue weighted by atomic mass is 9.99. The van der Waals surface area contributed by atoms with Crippen molar-refractivity contribution >= 4 is 5.91 Å². The molecule has 1 saturated heterocycles.